The van der Waals surface area contributed by atoms with E-state index in [2.05, 4.69) is 10.6 Å². The number of ether oxygens (including phenoxy) is 1. The normalized spacial score (nSPS) is 10.1. The maximum Gasteiger partial charge on any atom is 0.253 e. The van der Waals surface area contributed by atoms with E-state index in [1.807, 2.05) is 54.6 Å². The van der Waals surface area contributed by atoms with Crippen LogP contribution in [0.2, 0.25) is 0 Å². The number of anilines is 2. The fourth-order valence-electron chi connectivity index (χ4n) is 2.65. The van der Waals surface area contributed by atoms with Crippen LogP contribution in [0, 0.1) is 0 Å². The molecule has 0 unspecified atom stereocenters. The van der Waals surface area contributed by atoms with Gasteiger partial charge in [-0.15, -0.1) is 0 Å². The Labute approximate surface area is 170 Å². The summed E-state index contributed by atoms with van der Waals surface area (Å²) < 4.78 is 5.88. The van der Waals surface area contributed by atoms with E-state index in [9.17, 15) is 9.59 Å². The van der Waals surface area contributed by atoms with Gasteiger partial charge in [-0.1, -0.05) is 30.3 Å². The van der Waals surface area contributed by atoms with Crippen molar-refractivity contribution in [3.63, 3.8) is 0 Å². The van der Waals surface area contributed by atoms with Crippen molar-refractivity contribution >= 4 is 23.2 Å². The van der Waals surface area contributed by atoms with Gasteiger partial charge in [-0.2, -0.15) is 0 Å². The van der Waals surface area contributed by atoms with Gasteiger partial charge in [0.15, 0.2) is 5.75 Å². The first-order valence-corrected chi connectivity index (χ1v) is 9.20. The maximum absolute atomic E-state index is 12.3. The Bertz CT molecular complexity index is 970. The lowest BCUT2D eigenvalue weighted by Crippen LogP contribution is -2.23. The summed E-state index contributed by atoms with van der Waals surface area (Å²) in [7, 11) is 3.39. The molecular weight excluding hydrogens is 366 g/mol. The van der Waals surface area contributed by atoms with Gasteiger partial charge in [-0.3, -0.25) is 9.59 Å². The Morgan fingerprint density at radius 3 is 2.21 bits per heavy atom. The SMILES string of the molecule is CN(C)C(=O)c1ccc(NC(=O)CNc2ccccc2Oc2ccccc2)cc1. The van der Waals surface area contributed by atoms with Gasteiger partial charge in [0.2, 0.25) is 5.91 Å². The van der Waals surface area contributed by atoms with E-state index in [1.165, 1.54) is 4.90 Å². The molecule has 0 aliphatic carbocycles. The van der Waals surface area contributed by atoms with Crippen molar-refractivity contribution in [3.05, 3.63) is 84.4 Å². The topological polar surface area (TPSA) is 70.7 Å². The van der Waals surface area contributed by atoms with E-state index in [0.717, 1.165) is 11.4 Å². The van der Waals surface area contributed by atoms with E-state index in [4.69, 9.17) is 4.74 Å². The number of para-hydroxylation sites is 3. The second kappa shape index (κ2) is 9.41. The van der Waals surface area contributed by atoms with Crippen molar-refractivity contribution in [1.82, 2.24) is 4.90 Å². The number of hydrogen-bond donors (Lipinski definition) is 2. The van der Waals surface area contributed by atoms with Gasteiger partial charge in [0.25, 0.3) is 5.91 Å². The van der Waals surface area contributed by atoms with E-state index in [1.54, 1.807) is 38.4 Å². The monoisotopic (exact) mass is 389 g/mol. The lowest BCUT2D eigenvalue weighted by atomic mass is 10.2. The third-order valence-corrected chi connectivity index (χ3v) is 4.12. The predicted octanol–water partition coefficient (Wildman–Crippen LogP) is 4.23. The summed E-state index contributed by atoms with van der Waals surface area (Å²) in [5, 5.41) is 5.91. The highest BCUT2D eigenvalue weighted by Gasteiger charge is 2.09. The number of amides is 2. The molecule has 0 heterocycles. The minimum absolute atomic E-state index is 0.0769. The molecule has 3 aromatic carbocycles. The van der Waals surface area contributed by atoms with Crippen LogP contribution in [0.25, 0.3) is 0 Å². The van der Waals surface area contributed by atoms with Gasteiger partial charge in [-0.25, -0.2) is 0 Å². The minimum atomic E-state index is -0.203. The van der Waals surface area contributed by atoms with E-state index in [0.29, 0.717) is 17.0 Å². The average molecular weight is 389 g/mol. The second-order valence-corrected chi connectivity index (χ2v) is 6.59. The summed E-state index contributed by atoms with van der Waals surface area (Å²) in [6.07, 6.45) is 0. The summed E-state index contributed by atoms with van der Waals surface area (Å²) in [4.78, 5) is 25.7. The zero-order valence-electron chi connectivity index (χ0n) is 16.4. The molecule has 29 heavy (non-hydrogen) atoms. The Kier molecular flexibility index (Phi) is 6.47. The van der Waals surface area contributed by atoms with Crippen molar-refractivity contribution in [2.75, 3.05) is 31.3 Å². The van der Waals surface area contributed by atoms with Crippen LogP contribution in [0.15, 0.2) is 78.9 Å². The van der Waals surface area contributed by atoms with Crippen molar-refractivity contribution in [2.45, 2.75) is 0 Å². The molecule has 0 fully saturated rings. The highest BCUT2D eigenvalue weighted by molar-refractivity contribution is 5.96. The third kappa shape index (κ3) is 5.59. The molecule has 3 aromatic rings. The Morgan fingerprint density at radius 2 is 1.52 bits per heavy atom. The molecule has 148 valence electrons. The molecule has 0 radical (unpaired) electrons. The van der Waals surface area contributed by atoms with Crippen LogP contribution < -0.4 is 15.4 Å². The van der Waals surface area contributed by atoms with Crippen LogP contribution >= 0.6 is 0 Å². The summed E-state index contributed by atoms with van der Waals surface area (Å²) in [6, 6.07) is 23.7. The highest BCUT2D eigenvalue weighted by atomic mass is 16.5. The predicted molar refractivity (Wildman–Crippen MR) is 115 cm³/mol. The number of nitrogens with zero attached hydrogens (tertiary/aromatic N) is 1. The second-order valence-electron chi connectivity index (χ2n) is 6.59. The lowest BCUT2D eigenvalue weighted by Gasteiger charge is -2.13. The molecule has 0 saturated heterocycles. The number of hydrogen-bond acceptors (Lipinski definition) is 4. The van der Waals surface area contributed by atoms with Crippen molar-refractivity contribution < 1.29 is 14.3 Å². The van der Waals surface area contributed by atoms with E-state index >= 15 is 0 Å². The number of carbonyl (C=O) groups is 2. The first kappa shape index (κ1) is 19.9. The molecule has 0 aliphatic rings. The third-order valence-electron chi connectivity index (χ3n) is 4.12. The zero-order valence-corrected chi connectivity index (χ0v) is 16.4. The molecule has 3 rings (SSSR count). The number of nitrogens with one attached hydrogen (secondary N) is 2. The van der Waals surface area contributed by atoms with Gasteiger partial charge in [0.1, 0.15) is 5.75 Å². The van der Waals surface area contributed by atoms with Gasteiger partial charge in [0.05, 0.1) is 12.2 Å². The zero-order chi connectivity index (χ0) is 20.6. The Balaban J connectivity index is 1.58. The van der Waals surface area contributed by atoms with Gasteiger partial charge < -0.3 is 20.3 Å². The van der Waals surface area contributed by atoms with Crippen molar-refractivity contribution in [2.24, 2.45) is 0 Å². The average Bonchev–Trinajstić information content (AvgIpc) is 2.74. The summed E-state index contributed by atoms with van der Waals surface area (Å²) in [5.74, 6) is 1.07. The smallest absolute Gasteiger partial charge is 0.253 e. The summed E-state index contributed by atoms with van der Waals surface area (Å²) in [5.41, 5.74) is 1.91. The molecule has 0 spiro atoms. The quantitative estimate of drug-likeness (QED) is 0.634. The molecule has 6 nitrogen and oxygen atoms in total. The van der Waals surface area contributed by atoms with Crippen LogP contribution in [0.3, 0.4) is 0 Å². The standard InChI is InChI=1S/C23H23N3O3/c1-26(2)23(28)17-12-14-18(15-13-17)25-22(27)16-24-20-10-6-7-11-21(20)29-19-8-4-3-5-9-19/h3-15,24H,16H2,1-2H3,(H,25,27). The number of carbonyl (C=O) groups excluding carboxylic acids is 2. The van der Waals surface area contributed by atoms with Crippen LogP contribution in [0.5, 0.6) is 11.5 Å². The van der Waals surface area contributed by atoms with Crippen molar-refractivity contribution in [3.8, 4) is 11.5 Å². The molecular formula is C23H23N3O3. The van der Waals surface area contributed by atoms with E-state index in [-0.39, 0.29) is 18.4 Å². The molecule has 0 atom stereocenters. The molecule has 0 saturated carbocycles. The summed E-state index contributed by atoms with van der Waals surface area (Å²) >= 11 is 0. The van der Waals surface area contributed by atoms with Gasteiger partial charge in [0, 0.05) is 25.3 Å². The van der Waals surface area contributed by atoms with Crippen LogP contribution in [-0.2, 0) is 4.79 Å². The molecule has 2 amide bonds. The molecule has 6 heteroatoms. The fraction of sp³-hybridized carbons (Fsp3) is 0.130. The first-order valence-electron chi connectivity index (χ1n) is 9.20. The molecule has 2 N–H and O–H groups in total. The Morgan fingerprint density at radius 1 is 0.862 bits per heavy atom. The maximum atomic E-state index is 12.3. The van der Waals surface area contributed by atoms with Crippen molar-refractivity contribution in [1.29, 1.82) is 0 Å². The number of benzene rings is 3. The molecule has 0 bridgehead atoms. The number of rotatable bonds is 7. The van der Waals surface area contributed by atoms with Gasteiger partial charge in [-0.05, 0) is 48.5 Å². The van der Waals surface area contributed by atoms with E-state index < -0.39 is 0 Å². The molecule has 0 aliphatic heterocycles. The summed E-state index contributed by atoms with van der Waals surface area (Å²) in [6.45, 7) is 0.0769. The van der Waals surface area contributed by atoms with Crippen LogP contribution in [0.1, 0.15) is 10.4 Å². The fourth-order valence-corrected chi connectivity index (χ4v) is 2.65. The van der Waals surface area contributed by atoms with Crippen LogP contribution in [-0.4, -0.2) is 37.4 Å². The molecule has 0 aromatic heterocycles. The first-order chi connectivity index (χ1) is 14.0. The highest BCUT2D eigenvalue weighted by Crippen LogP contribution is 2.28. The minimum Gasteiger partial charge on any atom is -0.455 e. The Hall–Kier alpha value is -3.80. The largest absolute Gasteiger partial charge is 0.455 e. The van der Waals surface area contributed by atoms with Gasteiger partial charge >= 0.3 is 0 Å². The lowest BCUT2D eigenvalue weighted by molar-refractivity contribution is -0.114. The van der Waals surface area contributed by atoms with Crippen LogP contribution in [0.4, 0.5) is 11.4 Å².